The summed E-state index contributed by atoms with van der Waals surface area (Å²) in [6, 6.07) is 0. The summed E-state index contributed by atoms with van der Waals surface area (Å²) >= 11 is 0. The highest BCUT2D eigenvalue weighted by Gasteiger charge is 1.93. The molecule has 0 unspecified atom stereocenters. The second-order valence-corrected chi connectivity index (χ2v) is 3.01. The average Bonchev–Trinajstić information content (AvgIpc) is 2.88. The number of aromatic nitrogens is 6. The Kier molecular flexibility index (Phi) is 3.39. The predicted octanol–water partition coefficient (Wildman–Crippen LogP) is -0.414. The first kappa shape index (κ1) is 9.78. The first-order chi connectivity index (χ1) is 7.45. The molecule has 2 aromatic heterocycles. The maximum Gasteiger partial charge on any atom is 0.119 e. The van der Waals surface area contributed by atoms with Crippen molar-refractivity contribution in [1.29, 1.82) is 0 Å². The van der Waals surface area contributed by atoms with Gasteiger partial charge in [-0.15, -0.1) is 20.4 Å². The lowest BCUT2D eigenvalue weighted by atomic mass is 10.6. The topological polar surface area (TPSA) is 70.7 Å². The van der Waals surface area contributed by atoms with E-state index in [-0.39, 0.29) is 0 Å². The van der Waals surface area contributed by atoms with Gasteiger partial charge in [-0.1, -0.05) is 0 Å². The summed E-state index contributed by atoms with van der Waals surface area (Å²) in [5.74, 6) is 0. The summed E-state index contributed by atoms with van der Waals surface area (Å²) in [5.41, 5.74) is 0. The lowest BCUT2D eigenvalue weighted by molar-refractivity contribution is 0.118. The minimum Gasteiger partial charge on any atom is -0.378 e. The van der Waals surface area contributed by atoms with Crippen LogP contribution < -0.4 is 0 Å². The fourth-order valence-corrected chi connectivity index (χ4v) is 1.12. The molecule has 0 spiro atoms. The van der Waals surface area contributed by atoms with Gasteiger partial charge in [-0.25, -0.2) is 0 Å². The fraction of sp³-hybridized carbons (Fsp3) is 0.500. The van der Waals surface area contributed by atoms with E-state index in [0.717, 1.165) is 13.1 Å². The van der Waals surface area contributed by atoms with Gasteiger partial charge in [0, 0.05) is 13.1 Å². The van der Waals surface area contributed by atoms with Crippen LogP contribution in [0, 0.1) is 0 Å². The van der Waals surface area contributed by atoms with Crippen molar-refractivity contribution in [3.05, 3.63) is 25.3 Å². The monoisotopic (exact) mass is 208 g/mol. The van der Waals surface area contributed by atoms with Gasteiger partial charge in [-0.3, -0.25) is 0 Å². The van der Waals surface area contributed by atoms with Gasteiger partial charge in [0.05, 0.1) is 13.2 Å². The van der Waals surface area contributed by atoms with Crippen molar-refractivity contribution in [3.63, 3.8) is 0 Å². The van der Waals surface area contributed by atoms with E-state index in [2.05, 4.69) is 20.4 Å². The number of ether oxygens (including phenoxy) is 1. The van der Waals surface area contributed by atoms with Crippen LogP contribution in [0.4, 0.5) is 0 Å². The average molecular weight is 208 g/mol. The highest BCUT2D eigenvalue weighted by atomic mass is 16.5. The molecule has 0 saturated heterocycles. The quantitative estimate of drug-likeness (QED) is 0.603. The van der Waals surface area contributed by atoms with Gasteiger partial charge in [0.15, 0.2) is 0 Å². The summed E-state index contributed by atoms with van der Waals surface area (Å²) in [4.78, 5) is 0. The van der Waals surface area contributed by atoms with Gasteiger partial charge in [-0.05, 0) is 0 Å². The molecule has 0 fully saturated rings. The van der Waals surface area contributed by atoms with Crippen molar-refractivity contribution >= 4 is 0 Å². The standard InChI is InChI=1S/C8H12N6O/c1(13-5-9-10-6-13)3-15-4-2-14-7-11-12-8-14/h5-8H,1-4H2. The van der Waals surface area contributed by atoms with Crippen molar-refractivity contribution in [2.45, 2.75) is 13.1 Å². The van der Waals surface area contributed by atoms with Gasteiger partial charge in [-0.2, -0.15) is 0 Å². The second kappa shape index (κ2) is 5.20. The van der Waals surface area contributed by atoms with Gasteiger partial charge >= 0.3 is 0 Å². The Bertz CT molecular complexity index is 320. The van der Waals surface area contributed by atoms with Crippen LogP contribution in [0.25, 0.3) is 0 Å². The predicted molar refractivity (Wildman–Crippen MR) is 50.9 cm³/mol. The zero-order chi connectivity index (χ0) is 10.3. The van der Waals surface area contributed by atoms with Gasteiger partial charge in [0.25, 0.3) is 0 Å². The van der Waals surface area contributed by atoms with Gasteiger partial charge in [0.1, 0.15) is 25.3 Å². The van der Waals surface area contributed by atoms with Crippen LogP contribution in [0.15, 0.2) is 25.3 Å². The van der Waals surface area contributed by atoms with E-state index < -0.39 is 0 Å². The summed E-state index contributed by atoms with van der Waals surface area (Å²) in [6.45, 7) is 2.85. The Morgan fingerprint density at radius 1 is 0.733 bits per heavy atom. The van der Waals surface area contributed by atoms with Crippen LogP contribution in [0.1, 0.15) is 0 Å². The second-order valence-electron chi connectivity index (χ2n) is 3.01. The molecular formula is C8H12N6O. The van der Waals surface area contributed by atoms with E-state index in [0.29, 0.717) is 13.2 Å². The van der Waals surface area contributed by atoms with Crippen LogP contribution in [-0.4, -0.2) is 42.7 Å². The maximum absolute atomic E-state index is 5.43. The smallest absolute Gasteiger partial charge is 0.119 e. The number of nitrogens with zero attached hydrogens (tertiary/aromatic N) is 6. The lowest BCUT2D eigenvalue weighted by Crippen LogP contribution is -2.09. The Balaban J connectivity index is 1.56. The normalized spacial score (nSPS) is 10.7. The molecule has 0 N–H and O–H groups in total. The van der Waals surface area contributed by atoms with E-state index >= 15 is 0 Å². The molecule has 7 nitrogen and oxygen atoms in total. The van der Waals surface area contributed by atoms with Crippen LogP contribution in [-0.2, 0) is 17.8 Å². The lowest BCUT2D eigenvalue weighted by Gasteiger charge is -2.04. The summed E-state index contributed by atoms with van der Waals surface area (Å²) < 4.78 is 9.18. The van der Waals surface area contributed by atoms with E-state index in [1.165, 1.54) is 0 Å². The molecule has 0 aliphatic heterocycles. The van der Waals surface area contributed by atoms with Crippen molar-refractivity contribution in [1.82, 2.24) is 29.5 Å². The zero-order valence-corrected chi connectivity index (χ0v) is 8.23. The molecule has 0 aromatic carbocycles. The maximum atomic E-state index is 5.43. The third-order valence-electron chi connectivity index (χ3n) is 1.92. The third-order valence-corrected chi connectivity index (χ3v) is 1.92. The van der Waals surface area contributed by atoms with Crippen LogP contribution in [0.3, 0.4) is 0 Å². The summed E-state index contributed by atoms with van der Waals surface area (Å²) in [7, 11) is 0. The van der Waals surface area contributed by atoms with E-state index in [1.54, 1.807) is 25.3 Å². The number of hydrogen-bond acceptors (Lipinski definition) is 5. The number of rotatable bonds is 6. The molecule has 80 valence electrons. The SMILES string of the molecule is c1nncn1CCOCCn1cnnc1. The Hall–Kier alpha value is -1.76. The van der Waals surface area contributed by atoms with Crippen molar-refractivity contribution in [3.8, 4) is 0 Å². The van der Waals surface area contributed by atoms with Crippen molar-refractivity contribution < 1.29 is 4.74 Å². The fourth-order valence-electron chi connectivity index (χ4n) is 1.12. The molecule has 15 heavy (non-hydrogen) atoms. The Morgan fingerprint density at radius 3 is 1.53 bits per heavy atom. The minimum absolute atomic E-state index is 0.653. The van der Waals surface area contributed by atoms with Crippen molar-refractivity contribution in [2.24, 2.45) is 0 Å². The van der Waals surface area contributed by atoms with E-state index in [4.69, 9.17) is 4.74 Å². The molecule has 2 rings (SSSR count). The molecule has 0 aliphatic rings. The molecule has 0 saturated carbocycles. The first-order valence-electron chi connectivity index (χ1n) is 4.68. The molecule has 0 amide bonds. The zero-order valence-electron chi connectivity index (χ0n) is 8.23. The number of hydrogen-bond donors (Lipinski definition) is 0. The summed E-state index contributed by atoms with van der Waals surface area (Å²) in [5, 5.41) is 14.8. The van der Waals surface area contributed by atoms with Crippen molar-refractivity contribution in [2.75, 3.05) is 13.2 Å². The Morgan fingerprint density at radius 2 is 1.13 bits per heavy atom. The van der Waals surface area contributed by atoms with E-state index in [1.807, 2.05) is 9.13 Å². The first-order valence-corrected chi connectivity index (χ1v) is 4.68. The molecule has 2 heterocycles. The largest absolute Gasteiger partial charge is 0.378 e. The molecular weight excluding hydrogens is 196 g/mol. The molecule has 2 aromatic rings. The van der Waals surface area contributed by atoms with Crippen LogP contribution in [0.2, 0.25) is 0 Å². The van der Waals surface area contributed by atoms with Gasteiger partial charge in [0.2, 0.25) is 0 Å². The van der Waals surface area contributed by atoms with Crippen LogP contribution >= 0.6 is 0 Å². The highest BCUT2D eigenvalue weighted by Crippen LogP contribution is 1.87. The molecule has 0 radical (unpaired) electrons. The van der Waals surface area contributed by atoms with E-state index in [9.17, 15) is 0 Å². The van der Waals surface area contributed by atoms with Gasteiger partial charge < -0.3 is 13.9 Å². The minimum atomic E-state index is 0.653. The molecule has 0 aliphatic carbocycles. The molecule has 0 bridgehead atoms. The highest BCUT2D eigenvalue weighted by molar-refractivity contribution is 4.60. The third kappa shape index (κ3) is 3.13. The molecule has 0 atom stereocenters. The van der Waals surface area contributed by atoms with Crippen LogP contribution in [0.5, 0.6) is 0 Å². The summed E-state index contributed by atoms with van der Waals surface area (Å²) in [6.07, 6.45) is 6.68. The molecule has 7 heteroatoms. The Labute approximate surface area is 86.7 Å².